The number of nitrogens with one attached hydrogen (secondary N) is 2. The summed E-state index contributed by atoms with van der Waals surface area (Å²) in [5.41, 5.74) is 1.12. The molecule has 2 fully saturated rings. The van der Waals surface area contributed by atoms with Crippen molar-refractivity contribution in [1.82, 2.24) is 15.5 Å². The van der Waals surface area contributed by atoms with Crippen LogP contribution in [0.4, 0.5) is 4.79 Å². The molecule has 2 aliphatic rings. The van der Waals surface area contributed by atoms with Crippen LogP contribution in [0.25, 0.3) is 0 Å². The number of likely N-dealkylation sites (tertiary alicyclic amines) is 1. The summed E-state index contributed by atoms with van der Waals surface area (Å²) < 4.78 is 5.47. The van der Waals surface area contributed by atoms with E-state index in [1.165, 1.54) is 6.42 Å². The fraction of sp³-hybridized carbons (Fsp3) is 0.611. The van der Waals surface area contributed by atoms with Crippen molar-refractivity contribution in [3.05, 3.63) is 35.9 Å². The normalized spacial score (nSPS) is 22.9. The minimum atomic E-state index is -0.0690. The van der Waals surface area contributed by atoms with Crippen LogP contribution in [-0.4, -0.2) is 49.8 Å². The van der Waals surface area contributed by atoms with Gasteiger partial charge in [0.2, 0.25) is 0 Å². The summed E-state index contributed by atoms with van der Waals surface area (Å²) in [6.45, 7) is 5.42. The maximum atomic E-state index is 11.9. The van der Waals surface area contributed by atoms with Crippen molar-refractivity contribution in [2.75, 3.05) is 32.8 Å². The van der Waals surface area contributed by atoms with Crippen LogP contribution in [0.15, 0.2) is 30.3 Å². The molecule has 126 valence electrons. The van der Waals surface area contributed by atoms with E-state index in [0.717, 1.165) is 51.3 Å². The Balaban J connectivity index is 1.31. The van der Waals surface area contributed by atoms with Crippen molar-refractivity contribution in [1.29, 1.82) is 0 Å². The van der Waals surface area contributed by atoms with Gasteiger partial charge in [0.15, 0.2) is 0 Å². The van der Waals surface area contributed by atoms with Crippen LogP contribution in [0.3, 0.4) is 0 Å². The van der Waals surface area contributed by atoms with Crippen molar-refractivity contribution in [3.63, 3.8) is 0 Å². The maximum Gasteiger partial charge on any atom is 0.315 e. The van der Waals surface area contributed by atoms with Crippen molar-refractivity contribution >= 4 is 6.03 Å². The lowest BCUT2D eigenvalue weighted by molar-refractivity contribution is 0.110. The highest BCUT2D eigenvalue weighted by molar-refractivity contribution is 5.73. The number of piperidine rings is 1. The number of amides is 2. The summed E-state index contributed by atoms with van der Waals surface area (Å²) >= 11 is 0. The lowest BCUT2D eigenvalue weighted by atomic mass is 9.95. The van der Waals surface area contributed by atoms with E-state index in [0.29, 0.717) is 18.5 Å². The average molecular weight is 317 g/mol. The first-order valence-corrected chi connectivity index (χ1v) is 8.68. The van der Waals surface area contributed by atoms with Gasteiger partial charge in [0.1, 0.15) is 0 Å². The Labute approximate surface area is 138 Å². The summed E-state index contributed by atoms with van der Waals surface area (Å²) in [6, 6.07) is 10.5. The molecule has 1 atom stereocenters. The van der Waals surface area contributed by atoms with Gasteiger partial charge in [-0.05, 0) is 43.8 Å². The molecular weight excluding hydrogens is 290 g/mol. The van der Waals surface area contributed by atoms with Crippen LogP contribution in [0, 0.1) is 5.92 Å². The molecule has 2 N–H and O–H groups in total. The predicted octanol–water partition coefficient (Wildman–Crippen LogP) is 1.99. The number of carbonyl (C=O) groups is 1. The first-order chi connectivity index (χ1) is 11.3. The summed E-state index contributed by atoms with van der Waals surface area (Å²) in [7, 11) is 0. The van der Waals surface area contributed by atoms with Gasteiger partial charge < -0.3 is 15.4 Å². The van der Waals surface area contributed by atoms with E-state index in [-0.39, 0.29) is 6.03 Å². The van der Waals surface area contributed by atoms with Gasteiger partial charge in [-0.25, -0.2) is 4.79 Å². The van der Waals surface area contributed by atoms with Gasteiger partial charge in [-0.1, -0.05) is 30.3 Å². The van der Waals surface area contributed by atoms with Gasteiger partial charge in [-0.3, -0.25) is 4.90 Å². The Kier molecular flexibility index (Phi) is 5.88. The van der Waals surface area contributed by atoms with Gasteiger partial charge in [-0.15, -0.1) is 0 Å². The third-order valence-corrected chi connectivity index (χ3v) is 4.92. The fourth-order valence-corrected chi connectivity index (χ4v) is 3.41. The Bertz CT molecular complexity index is 480. The lowest BCUT2D eigenvalue weighted by Crippen LogP contribution is -2.45. The highest BCUT2D eigenvalue weighted by atomic mass is 16.5. The Morgan fingerprint density at radius 3 is 2.61 bits per heavy atom. The Morgan fingerprint density at radius 2 is 1.91 bits per heavy atom. The van der Waals surface area contributed by atoms with E-state index >= 15 is 0 Å². The minimum Gasteiger partial charge on any atom is -0.380 e. The number of carbonyl (C=O) groups excluding carboxylic acids is 1. The monoisotopic (exact) mass is 317 g/mol. The zero-order valence-electron chi connectivity index (χ0n) is 13.7. The molecule has 0 bridgehead atoms. The van der Waals surface area contributed by atoms with Crippen molar-refractivity contribution in [2.45, 2.75) is 31.8 Å². The molecule has 2 aliphatic heterocycles. The Morgan fingerprint density at radius 1 is 1.13 bits per heavy atom. The molecule has 3 rings (SSSR count). The quantitative estimate of drug-likeness (QED) is 0.873. The molecular formula is C18H27N3O2. The van der Waals surface area contributed by atoms with Crippen LogP contribution >= 0.6 is 0 Å². The van der Waals surface area contributed by atoms with Crippen LogP contribution in [0.5, 0.6) is 0 Å². The van der Waals surface area contributed by atoms with Crippen LogP contribution in [0.2, 0.25) is 0 Å². The van der Waals surface area contributed by atoms with Gasteiger partial charge >= 0.3 is 6.03 Å². The number of ether oxygens (including phenoxy) is 1. The summed E-state index contributed by atoms with van der Waals surface area (Å²) in [5, 5.41) is 5.93. The first-order valence-electron chi connectivity index (χ1n) is 8.68. The molecule has 0 saturated carbocycles. The lowest BCUT2D eigenvalue weighted by Gasteiger charge is -2.35. The molecule has 0 spiro atoms. The molecule has 1 aromatic rings. The molecule has 0 unspecified atom stereocenters. The van der Waals surface area contributed by atoms with Gasteiger partial charge in [0.25, 0.3) is 0 Å². The molecule has 5 heteroatoms. The Hall–Kier alpha value is -1.59. The second-order valence-electron chi connectivity index (χ2n) is 6.55. The van der Waals surface area contributed by atoms with Crippen molar-refractivity contribution in [2.24, 2.45) is 5.92 Å². The standard InChI is InChI=1S/C18H27N3O2/c22-18(19-12-15-4-2-1-3-5-15)20-13-16-6-9-21(10-7-16)17-8-11-23-14-17/h1-5,16-17H,6-14H2,(H2,19,20,22)/t17-/m0/s1. The van der Waals surface area contributed by atoms with E-state index in [1.807, 2.05) is 30.3 Å². The van der Waals surface area contributed by atoms with Crippen LogP contribution < -0.4 is 10.6 Å². The third-order valence-electron chi connectivity index (χ3n) is 4.92. The largest absolute Gasteiger partial charge is 0.380 e. The summed E-state index contributed by atoms with van der Waals surface area (Å²) in [5.74, 6) is 0.594. The number of rotatable bonds is 5. The van der Waals surface area contributed by atoms with E-state index < -0.39 is 0 Å². The number of hydrogen-bond acceptors (Lipinski definition) is 3. The molecule has 23 heavy (non-hydrogen) atoms. The molecule has 0 aliphatic carbocycles. The van der Waals surface area contributed by atoms with E-state index in [2.05, 4.69) is 15.5 Å². The first kappa shape index (κ1) is 16.3. The van der Waals surface area contributed by atoms with Gasteiger partial charge in [0, 0.05) is 25.7 Å². The smallest absolute Gasteiger partial charge is 0.315 e. The maximum absolute atomic E-state index is 11.9. The minimum absolute atomic E-state index is 0.0690. The number of urea groups is 1. The number of nitrogens with zero attached hydrogens (tertiary/aromatic N) is 1. The van der Waals surface area contributed by atoms with Gasteiger partial charge in [0.05, 0.1) is 6.61 Å². The fourth-order valence-electron chi connectivity index (χ4n) is 3.41. The van der Waals surface area contributed by atoms with Crippen LogP contribution in [0.1, 0.15) is 24.8 Å². The molecule has 5 nitrogen and oxygen atoms in total. The van der Waals surface area contributed by atoms with Crippen LogP contribution in [-0.2, 0) is 11.3 Å². The molecule has 2 amide bonds. The topological polar surface area (TPSA) is 53.6 Å². The van der Waals surface area contributed by atoms with Crippen molar-refractivity contribution < 1.29 is 9.53 Å². The molecule has 0 radical (unpaired) electrons. The highest BCUT2D eigenvalue weighted by Crippen LogP contribution is 2.21. The van der Waals surface area contributed by atoms with Crippen molar-refractivity contribution in [3.8, 4) is 0 Å². The zero-order chi connectivity index (χ0) is 15.9. The number of hydrogen-bond donors (Lipinski definition) is 2. The van der Waals surface area contributed by atoms with E-state index in [4.69, 9.17) is 4.74 Å². The SMILES string of the molecule is O=C(NCc1ccccc1)NCC1CCN([C@H]2CCOC2)CC1. The second-order valence-corrected chi connectivity index (χ2v) is 6.55. The average Bonchev–Trinajstić information content (AvgIpc) is 3.14. The summed E-state index contributed by atoms with van der Waals surface area (Å²) in [4.78, 5) is 14.4. The molecule has 1 aromatic carbocycles. The third kappa shape index (κ3) is 4.94. The molecule has 2 saturated heterocycles. The second kappa shape index (κ2) is 8.31. The summed E-state index contributed by atoms with van der Waals surface area (Å²) in [6.07, 6.45) is 3.50. The number of benzene rings is 1. The zero-order valence-corrected chi connectivity index (χ0v) is 13.7. The predicted molar refractivity (Wildman–Crippen MR) is 90.2 cm³/mol. The highest BCUT2D eigenvalue weighted by Gasteiger charge is 2.27. The molecule has 2 heterocycles. The molecule has 0 aromatic heterocycles. The van der Waals surface area contributed by atoms with Gasteiger partial charge in [-0.2, -0.15) is 0 Å². The van der Waals surface area contributed by atoms with E-state index in [9.17, 15) is 4.79 Å². The van der Waals surface area contributed by atoms with E-state index in [1.54, 1.807) is 0 Å².